The first-order valence-electron chi connectivity index (χ1n) is 6.41. The molecule has 1 unspecified atom stereocenters. The third kappa shape index (κ3) is 4.63. The summed E-state index contributed by atoms with van der Waals surface area (Å²) >= 11 is 0. The van der Waals surface area contributed by atoms with Crippen LogP contribution in [0.15, 0.2) is 24.3 Å². The molecule has 1 atom stereocenters. The van der Waals surface area contributed by atoms with Gasteiger partial charge in [-0.1, -0.05) is 12.1 Å². The molecular weight excluding hydrogens is 240 g/mol. The van der Waals surface area contributed by atoms with E-state index in [2.05, 4.69) is 6.07 Å². The van der Waals surface area contributed by atoms with Gasteiger partial charge in [0, 0.05) is 13.1 Å². The Morgan fingerprint density at radius 2 is 2.26 bits per heavy atom. The fourth-order valence-electron chi connectivity index (χ4n) is 1.85. The average molecular weight is 260 g/mol. The number of carbonyl (C=O) groups excluding carboxylic acids is 1. The number of hydrogen-bond acceptors (Lipinski definition) is 3. The zero-order valence-electron chi connectivity index (χ0n) is 11.7. The Morgan fingerprint density at radius 3 is 2.84 bits per heavy atom. The number of carbonyl (C=O) groups is 1. The lowest BCUT2D eigenvalue weighted by atomic mass is 10.1. The van der Waals surface area contributed by atoms with Crippen molar-refractivity contribution in [1.82, 2.24) is 4.90 Å². The van der Waals surface area contributed by atoms with Gasteiger partial charge >= 0.3 is 0 Å². The number of ether oxygens (including phenoxy) is 1. The molecule has 0 aliphatic rings. The molecule has 1 aromatic rings. The van der Waals surface area contributed by atoms with Crippen molar-refractivity contribution in [2.75, 3.05) is 20.2 Å². The first kappa shape index (κ1) is 15.0. The summed E-state index contributed by atoms with van der Waals surface area (Å²) in [6, 6.07) is 9.64. The van der Waals surface area contributed by atoms with Crippen LogP contribution in [0.1, 0.15) is 19.4 Å². The molecular formula is C15H20N2O2. The molecule has 4 nitrogen and oxygen atoms in total. The van der Waals surface area contributed by atoms with Crippen molar-refractivity contribution in [3.8, 4) is 11.8 Å². The Morgan fingerprint density at radius 1 is 1.53 bits per heavy atom. The van der Waals surface area contributed by atoms with Crippen LogP contribution in [0.3, 0.4) is 0 Å². The van der Waals surface area contributed by atoms with E-state index in [-0.39, 0.29) is 11.8 Å². The van der Waals surface area contributed by atoms with Crippen molar-refractivity contribution in [3.63, 3.8) is 0 Å². The lowest BCUT2D eigenvalue weighted by Gasteiger charge is -2.22. The summed E-state index contributed by atoms with van der Waals surface area (Å²) < 4.78 is 5.14. The first-order valence-corrected chi connectivity index (χ1v) is 6.41. The molecule has 0 heterocycles. The van der Waals surface area contributed by atoms with Gasteiger partial charge in [0.2, 0.25) is 5.91 Å². The molecule has 0 aliphatic carbocycles. The monoisotopic (exact) mass is 260 g/mol. The molecule has 0 N–H and O–H groups in total. The van der Waals surface area contributed by atoms with Gasteiger partial charge in [-0.25, -0.2) is 0 Å². The van der Waals surface area contributed by atoms with Gasteiger partial charge in [-0.3, -0.25) is 4.79 Å². The summed E-state index contributed by atoms with van der Waals surface area (Å²) in [6.07, 6.45) is 0.336. The highest BCUT2D eigenvalue weighted by Gasteiger charge is 2.15. The second kappa shape index (κ2) is 7.42. The van der Waals surface area contributed by atoms with Crippen molar-refractivity contribution in [3.05, 3.63) is 29.8 Å². The van der Waals surface area contributed by atoms with E-state index < -0.39 is 0 Å². The van der Waals surface area contributed by atoms with Crippen LogP contribution in [0.25, 0.3) is 0 Å². The lowest BCUT2D eigenvalue weighted by molar-refractivity contribution is -0.130. The largest absolute Gasteiger partial charge is 0.497 e. The topological polar surface area (TPSA) is 53.3 Å². The number of likely N-dealkylation sites (N-methyl/N-ethyl adjacent to an activating group) is 1. The van der Waals surface area contributed by atoms with Crippen LogP contribution >= 0.6 is 0 Å². The predicted octanol–water partition coefficient (Wildman–Crippen LogP) is 2.25. The fraction of sp³-hybridized carbons (Fsp3) is 0.467. The Bertz CT molecular complexity index is 465. The van der Waals surface area contributed by atoms with Crippen molar-refractivity contribution in [2.45, 2.75) is 20.3 Å². The Kier molecular flexibility index (Phi) is 5.87. The summed E-state index contributed by atoms with van der Waals surface area (Å²) in [5, 5.41) is 8.81. The highest BCUT2D eigenvalue weighted by atomic mass is 16.5. The minimum atomic E-state index is -0.144. The number of benzene rings is 1. The number of hydrogen-bond donors (Lipinski definition) is 0. The highest BCUT2D eigenvalue weighted by Crippen LogP contribution is 2.14. The van der Waals surface area contributed by atoms with Gasteiger partial charge in [-0.05, 0) is 31.5 Å². The van der Waals surface area contributed by atoms with E-state index in [4.69, 9.17) is 10.00 Å². The number of nitriles is 1. The van der Waals surface area contributed by atoms with Crippen LogP contribution in [0, 0.1) is 17.2 Å². The summed E-state index contributed by atoms with van der Waals surface area (Å²) in [7, 11) is 1.61. The van der Waals surface area contributed by atoms with Crippen molar-refractivity contribution < 1.29 is 9.53 Å². The Hall–Kier alpha value is -2.02. The van der Waals surface area contributed by atoms with Crippen molar-refractivity contribution >= 4 is 5.91 Å². The normalized spacial score (nSPS) is 11.5. The number of methoxy groups -OCH3 is 1. The van der Waals surface area contributed by atoms with Gasteiger partial charge in [0.25, 0.3) is 0 Å². The molecule has 0 bridgehead atoms. The molecule has 4 heteroatoms. The van der Waals surface area contributed by atoms with Gasteiger partial charge in [0.05, 0.1) is 25.5 Å². The zero-order valence-corrected chi connectivity index (χ0v) is 11.7. The van der Waals surface area contributed by atoms with Gasteiger partial charge in [-0.2, -0.15) is 5.26 Å². The molecule has 0 saturated heterocycles. The summed E-state index contributed by atoms with van der Waals surface area (Å²) in [5.41, 5.74) is 0.924. The number of rotatable bonds is 6. The van der Waals surface area contributed by atoms with Crippen LogP contribution in [0.5, 0.6) is 5.75 Å². The maximum Gasteiger partial charge on any atom is 0.227 e. The molecule has 0 radical (unpaired) electrons. The van der Waals surface area contributed by atoms with Crippen molar-refractivity contribution in [2.24, 2.45) is 5.92 Å². The van der Waals surface area contributed by atoms with E-state index >= 15 is 0 Å². The van der Waals surface area contributed by atoms with E-state index in [1.807, 2.05) is 38.1 Å². The molecule has 0 aliphatic heterocycles. The van der Waals surface area contributed by atoms with Gasteiger partial charge < -0.3 is 9.64 Å². The van der Waals surface area contributed by atoms with E-state index in [0.717, 1.165) is 11.3 Å². The molecule has 1 amide bonds. The second-order valence-electron chi connectivity index (χ2n) is 4.49. The summed E-state index contributed by atoms with van der Waals surface area (Å²) in [6.45, 7) is 4.85. The molecule has 0 fully saturated rings. The van der Waals surface area contributed by atoms with E-state index in [0.29, 0.717) is 19.5 Å². The SMILES string of the molecule is CCN(CC(C)C#N)C(=O)Cc1cccc(OC)c1. The third-order valence-corrected chi connectivity index (χ3v) is 2.94. The second-order valence-corrected chi connectivity index (χ2v) is 4.49. The molecule has 0 saturated carbocycles. The Balaban J connectivity index is 2.68. The predicted molar refractivity (Wildman–Crippen MR) is 73.7 cm³/mol. The first-order chi connectivity index (χ1) is 9.10. The van der Waals surface area contributed by atoms with Crippen LogP contribution < -0.4 is 4.74 Å². The summed E-state index contributed by atoms with van der Waals surface area (Å²) in [4.78, 5) is 13.9. The minimum absolute atomic E-state index is 0.0397. The average Bonchev–Trinajstić information content (AvgIpc) is 2.44. The standard InChI is InChI=1S/C15H20N2O2/c1-4-17(11-12(2)10-16)15(18)9-13-6-5-7-14(8-13)19-3/h5-8,12H,4,9,11H2,1-3H3. The van der Waals surface area contributed by atoms with E-state index in [1.54, 1.807) is 12.0 Å². The number of nitrogens with zero attached hydrogens (tertiary/aromatic N) is 2. The lowest BCUT2D eigenvalue weighted by Crippen LogP contribution is -2.35. The highest BCUT2D eigenvalue weighted by molar-refractivity contribution is 5.78. The smallest absolute Gasteiger partial charge is 0.227 e. The Labute approximate surface area is 114 Å². The number of amides is 1. The van der Waals surface area contributed by atoms with Crippen LogP contribution in [-0.4, -0.2) is 31.0 Å². The third-order valence-electron chi connectivity index (χ3n) is 2.94. The molecule has 0 spiro atoms. The van der Waals surface area contributed by atoms with E-state index in [1.165, 1.54) is 0 Å². The molecule has 1 rings (SSSR count). The summed E-state index contributed by atoms with van der Waals surface area (Å²) in [5.74, 6) is 0.644. The van der Waals surface area contributed by atoms with Crippen LogP contribution in [0.4, 0.5) is 0 Å². The van der Waals surface area contributed by atoms with Crippen LogP contribution in [0.2, 0.25) is 0 Å². The maximum absolute atomic E-state index is 12.2. The van der Waals surface area contributed by atoms with Gasteiger partial charge in [-0.15, -0.1) is 0 Å². The van der Waals surface area contributed by atoms with Gasteiger partial charge in [0.15, 0.2) is 0 Å². The minimum Gasteiger partial charge on any atom is -0.497 e. The van der Waals surface area contributed by atoms with Gasteiger partial charge in [0.1, 0.15) is 5.75 Å². The van der Waals surface area contributed by atoms with Crippen molar-refractivity contribution in [1.29, 1.82) is 5.26 Å². The fourth-order valence-corrected chi connectivity index (χ4v) is 1.85. The maximum atomic E-state index is 12.2. The quantitative estimate of drug-likeness (QED) is 0.788. The molecule has 102 valence electrons. The van der Waals surface area contributed by atoms with E-state index in [9.17, 15) is 4.79 Å². The molecule has 0 aromatic heterocycles. The zero-order chi connectivity index (χ0) is 14.3. The van der Waals surface area contributed by atoms with Crippen LogP contribution in [-0.2, 0) is 11.2 Å². The molecule has 1 aromatic carbocycles. The molecule has 19 heavy (non-hydrogen) atoms.